The number of aromatic amines is 1. The minimum Gasteiger partial charge on any atom is -0.492 e. The summed E-state index contributed by atoms with van der Waals surface area (Å²) in [7, 11) is 0. The number of thiazole rings is 1. The normalized spacial score (nSPS) is 13.2. The molecule has 4 aromatic rings. The summed E-state index contributed by atoms with van der Waals surface area (Å²) in [5.74, 6) is 1.43. The summed E-state index contributed by atoms with van der Waals surface area (Å²) in [5.41, 5.74) is 7.65. The van der Waals surface area contributed by atoms with E-state index < -0.39 is 0 Å². The van der Waals surface area contributed by atoms with Gasteiger partial charge in [-0.2, -0.15) is 5.10 Å². The van der Waals surface area contributed by atoms with Gasteiger partial charge in [0.2, 0.25) is 5.91 Å². The molecular formula is C19H19Cl2N7O2S. The number of halogens is 2. The standard InChI is InChI=1S/C19H18ClN7O2S.ClH/c20-13-7-11(29-6-5-21)3-4-12(13)14-8-22-9-27(14)17-15-16(25-26-17)23-19(30-15)24-18(28)10-1-2-10;/h3-4,7-10H,1-2,5-6,21H2,(H2,23,24,25,26,28);1H. The third-order valence-corrected chi connectivity index (χ3v) is 6.03. The Kier molecular flexibility index (Phi) is 6.15. The number of aromatic nitrogens is 5. The third-order valence-electron chi connectivity index (χ3n) is 4.75. The summed E-state index contributed by atoms with van der Waals surface area (Å²) in [6.07, 6.45) is 5.27. The van der Waals surface area contributed by atoms with Crippen LogP contribution in [0.2, 0.25) is 5.02 Å². The Bertz CT molecular complexity index is 1230. The molecule has 0 aliphatic heterocycles. The van der Waals surface area contributed by atoms with Crippen molar-refractivity contribution in [2.75, 3.05) is 18.5 Å². The molecule has 1 aliphatic carbocycles. The Labute approximate surface area is 192 Å². The number of H-pyrrole nitrogens is 1. The van der Waals surface area contributed by atoms with E-state index in [0.717, 1.165) is 28.8 Å². The van der Waals surface area contributed by atoms with E-state index in [2.05, 4.69) is 25.5 Å². The molecule has 1 aliphatic rings. The van der Waals surface area contributed by atoms with Crippen LogP contribution in [-0.2, 0) is 4.79 Å². The molecule has 9 nitrogen and oxygen atoms in total. The second-order valence-corrected chi connectivity index (χ2v) is 8.34. The minimum atomic E-state index is 0. The molecule has 0 bridgehead atoms. The fraction of sp³-hybridized carbons (Fsp3) is 0.263. The predicted octanol–water partition coefficient (Wildman–Crippen LogP) is 3.63. The molecule has 12 heteroatoms. The van der Waals surface area contributed by atoms with Crippen molar-refractivity contribution in [2.45, 2.75) is 12.8 Å². The number of nitrogens with one attached hydrogen (secondary N) is 2. The van der Waals surface area contributed by atoms with Gasteiger partial charge in [0.25, 0.3) is 0 Å². The zero-order valence-electron chi connectivity index (χ0n) is 16.2. The number of imidazole rings is 1. The van der Waals surface area contributed by atoms with E-state index in [1.54, 1.807) is 18.6 Å². The van der Waals surface area contributed by atoms with Gasteiger partial charge in [-0.05, 0) is 31.0 Å². The van der Waals surface area contributed by atoms with E-state index in [4.69, 9.17) is 22.1 Å². The molecule has 3 heterocycles. The molecule has 0 saturated heterocycles. The fourth-order valence-electron chi connectivity index (χ4n) is 3.11. The second kappa shape index (κ2) is 8.83. The highest BCUT2D eigenvalue weighted by atomic mass is 35.5. The predicted molar refractivity (Wildman–Crippen MR) is 122 cm³/mol. The Morgan fingerprint density at radius 1 is 1.42 bits per heavy atom. The summed E-state index contributed by atoms with van der Waals surface area (Å²) in [4.78, 5) is 20.8. The van der Waals surface area contributed by atoms with Crippen molar-refractivity contribution in [2.24, 2.45) is 11.7 Å². The highest BCUT2D eigenvalue weighted by molar-refractivity contribution is 7.22. The van der Waals surface area contributed by atoms with Crippen LogP contribution in [0.1, 0.15) is 12.8 Å². The third kappa shape index (κ3) is 4.24. The molecule has 3 aromatic heterocycles. The van der Waals surface area contributed by atoms with Crippen molar-refractivity contribution < 1.29 is 9.53 Å². The number of benzene rings is 1. The van der Waals surface area contributed by atoms with E-state index in [-0.39, 0.29) is 24.2 Å². The lowest BCUT2D eigenvalue weighted by molar-refractivity contribution is -0.117. The van der Waals surface area contributed by atoms with Gasteiger partial charge in [-0.15, -0.1) is 12.4 Å². The Balaban J connectivity index is 0.00000231. The van der Waals surface area contributed by atoms with Gasteiger partial charge in [0.1, 0.15) is 23.4 Å². The number of carbonyl (C=O) groups excluding carboxylic acids is 1. The van der Waals surface area contributed by atoms with Crippen LogP contribution < -0.4 is 15.8 Å². The highest BCUT2D eigenvalue weighted by Gasteiger charge is 2.30. The monoisotopic (exact) mass is 479 g/mol. The molecule has 1 aromatic carbocycles. The zero-order valence-corrected chi connectivity index (χ0v) is 18.6. The van der Waals surface area contributed by atoms with Gasteiger partial charge in [-0.3, -0.25) is 14.5 Å². The number of carbonyl (C=O) groups is 1. The number of hydrogen-bond acceptors (Lipinski definition) is 7. The summed E-state index contributed by atoms with van der Waals surface area (Å²) in [5, 5.41) is 11.3. The Morgan fingerprint density at radius 2 is 2.26 bits per heavy atom. The van der Waals surface area contributed by atoms with E-state index in [0.29, 0.717) is 40.5 Å². The van der Waals surface area contributed by atoms with Crippen LogP contribution in [0.5, 0.6) is 5.75 Å². The van der Waals surface area contributed by atoms with Crippen molar-refractivity contribution in [3.05, 3.63) is 35.7 Å². The lowest BCUT2D eigenvalue weighted by atomic mass is 10.1. The lowest BCUT2D eigenvalue weighted by Crippen LogP contribution is -2.12. The molecular weight excluding hydrogens is 461 g/mol. The SMILES string of the molecule is Cl.NCCOc1ccc(-c2cncn2-c2n[nH]c3nc(NC(=O)C4CC4)sc23)c(Cl)c1. The van der Waals surface area contributed by atoms with Crippen LogP contribution in [0.3, 0.4) is 0 Å². The molecule has 1 saturated carbocycles. The number of ether oxygens (including phenoxy) is 1. The number of rotatable bonds is 7. The van der Waals surface area contributed by atoms with Crippen LogP contribution in [0.25, 0.3) is 27.4 Å². The van der Waals surface area contributed by atoms with E-state index in [1.165, 1.54) is 11.3 Å². The largest absolute Gasteiger partial charge is 0.492 e. The van der Waals surface area contributed by atoms with E-state index >= 15 is 0 Å². The Morgan fingerprint density at radius 3 is 3.00 bits per heavy atom. The molecule has 1 fully saturated rings. The molecule has 0 unspecified atom stereocenters. The van der Waals surface area contributed by atoms with Crippen molar-refractivity contribution in [1.29, 1.82) is 0 Å². The van der Waals surface area contributed by atoms with Crippen molar-refractivity contribution in [1.82, 2.24) is 24.7 Å². The van der Waals surface area contributed by atoms with Crippen molar-refractivity contribution >= 4 is 56.7 Å². The molecule has 162 valence electrons. The Hall–Kier alpha value is -2.66. The molecule has 4 N–H and O–H groups in total. The van der Waals surface area contributed by atoms with Crippen molar-refractivity contribution in [3.8, 4) is 22.8 Å². The number of nitrogens with zero attached hydrogens (tertiary/aromatic N) is 4. The van der Waals surface area contributed by atoms with Gasteiger partial charge in [0.05, 0.1) is 16.9 Å². The molecule has 0 atom stereocenters. The summed E-state index contributed by atoms with van der Waals surface area (Å²) >= 11 is 7.88. The average Bonchev–Trinajstić information content (AvgIpc) is 3.17. The van der Waals surface area contributed by atoms with Gasteiger partial charge >= 0.3 is 0 Å². The number of nitrogens with two attached hydrogens (primary N) is 1. The lowest BCUT2D eigenvalue weighted by Gasteiger charge is -2.10. The molecule has 31 heavy (non-hydrogen) atoms. The summed E-state index contributed by atoms with van der Waals surface area (Å²) in [6.45, 7) is 0.850. The molecule has 1 amide bonds. The van der Waals surface area contributed by atoms with Crippen molar-refractivity contribution in [3.63, 3.8) is 0 Å². The maximum atomic E-state index is 12.0. The number of amides is 1. The average molecular weight is 480 g/mol. The van der Waals surface area contributed by atoms with Crippen LogP contribution >= 0.6 is 35.3 Å². The first-order chi connectivity index (χ1) is 14.6. The van der Waals surface area contributed by atoms with Crippen LogP contribution in [0.4, 0.5) is 5.13 Å². The van der Waals surface area contributed by atoms with E-state index in [9.17, 15) is 4.79 Å². The number of fused-ring (bicyclic) bond motifs is 1. The number of hydrogen-bond donors (Lipinski definition) is 3. The number of anilines is 1. The zero-order chi connectivity index (χ0) is 20.7. The fourth-order valence-corrected chi connectivity index (χ4v) is 4.28. The first kappa shape index (κ1) is 21.6. The highest BCUT2D eigenvalue weighted by Crippen LogP contribution is 2.36. The summed E-state index contributed by atoms with van der Waals surface area (Å²) < 4.78 is 8.19. The van der Waals surface area contributed by atoms with Crippen LogP contribution in [0, 0.1) is 5.92 Å². The van der Waals surface area contributed by atoms with Crippen LogP contribution in [-0.4, -0.2) is 43.8 Å². The first-order valence-electron chi connectivity index (χ1n) is 9.45. The van der Waals surface area contributed by atoms with Gasteiger partial charge in [0, 0.05) is 18.0 Å². The van der Waals surface area contributed by atoms with Crippen LogP contribution in [0.15, 0.2) is 30.7 Å². The quantitative estimate of drug-likeness (QED) is 0.371. The smallest absolute Gasteiger partial charge is 0.229 e. The van der Waals surface area contributed by atoms with E-state index in [1.807, 2.05) is 16.7 Å². The maximum absolute atomic E-state index is 12.0. The summed E-state index contributed by atoms with van der Waals surface area (Å²) in [6, 6.07) is 5.47. The minimum absolute atomic E-state index is 0. The first-order valence-corrected chi connectivity index (χ1v) is 10.6. The van der Waals surface area contributed by atoms with Gasteiger partial charge in [-0.25, -0.2) is 9.97 Å². The van der Waals surface area contributed by atoms with Gasteiger partial charge in [0.15, 0.2) is 16.6 Å². The maximum Gasteiger partial charge on any atom is 0.229 e. The van der Waals surface area contributed by atoms with Gasteiger partial charge < -0.3 is 15.8 Å². The molecule has 0 spiro atoms. The molecule has 0 radical (unpaired) electrons. The topological polar surface area (TPSA) is 124 Å². The molecule has 5 rings (SSSR count). The second-order valence-electron chi connectivity index (χ2n) is 6.94. The van der Waals surface area contributed by atoms with Gasteiger partial charge in [-0.1, -0.05) is 22.9 Å².